The topological polar surface area (TPSA) is 68.1 Å². The van der Waals surface area contributed by atoms with Gasteiger partial charge in [-0.05, 0) is 69.8 Å². The third-order valence-corrected chi connectivity index (χ3v) is 12.8. The fraction of sp³-hybridized carbons (Fsp3) is 0.340. The van der Waals surface area contributed by atoms with E-state index in [1.807, 2.05) is 79.0 Å². The van der Waals surface area contributed by atoms with Crippen LogP contribution in [-0.2, 0) is 17.4 Å². The van der Waals surface area contributed by atoms with Gasteiger partial charge >= 0.3 is 0 Å². The van der Waals surface area contributed by atoms with Crippen LogP contribution in [0.1, 0.15) is 82.7 Å². The van der Waals surface area contributed by atoms with Crippen LogP contribution in [0, 0.1) is 11.8 Å². The molecule has 3 aliphatic rings. The lowest BCUT2D eigenvalue weighted by Gasteiger charge is -2.58. The molecule has 7 heteroatoms. The first-order valence-electron chi connectivity index (χ1n) is 20.3. The maximum absolute atomic E-state index is 10.9. The van der Waals surface area contributed by atoms with Crippen LogP contribution >= 0.6 is 11.6 Å². The second-order valence-corrected chi connectivity index (χ2v) is 18.7. The van der Waals surface area contributed by atoms with Crippen molar-refractivity contribution in [3.05, 3.63) is 149 Å². The normalized spacial score (nSPS) is 21.4. The van der Waals surface area contributed by atoms with E-state index in [1.54, 1.807) is 6.07 Å². The van der Waals surface area contributed by atoms with Crippen LogP contribution in [0.25, 0.3) is 33.4 Å². The number of nitrogens with zero attached hydrogens (tertiary/aromatic N) is 4. The van der Waals surface area contributed by atoms with E-state index in [2.05, 4.69) is 78.5 Å². The number of aromatic nitrogens is 3. The number of halogens is 1. The molecule has 5 heterocycles. The number of fused-ring (bicyclic) bond motifs is 4. The fourth-order valence-corrected chi connectivity index (χ4v) is 9.58. The molecule has 2 unspecified atom stereocenters. The van der Waals surface area contributed by atoms with Crippen LogP contribution in [-0.4, -0.2) is 43.7 Å². The van der Waals surface area contributed by atoms with Crippen molar-refractivity contribution in [2.24, 2.45) is 11.8 Å². The summed E-state index contributed by atoms with van der Waals surface area (Å²) in [5, 5.41) is 12.1. The molecule has 0 aliphatic carbocycles. The highest BCUT2D eigenvalue weighted by Gasteiger charge is 2.55. The molecule has 3 fully saturated rings. The summed E-state index contributed by atoms with van der Waals surface area (Å²) in [5.74, 6) is 1.97. The van der Waals surface area contributed by atoms with Crippen LogP contribution < -0.4 is 4.74 Å². The summed E-state index contributed by atoms with van der Waals surface area (Å²) >= 11 is 7.20. The van der Waals surface area contributed by atoms with E-state index in [4.69, 9.17) is 31.3 Å². The van der Waals surface area contributed by atoms with Crippen molar-refractivity contribution in [1.29, 1.82) is 0 Å². The molecule has 0 spiro atoms. The number of hydrogen-bond donors (Lipinski definition) is 1. The molecule has 0 radical (unpaired) electrons. The van der Waals surface area contributed by atoms with Gasteiger partial charge in [0.2, 0.25) is 5.88 Å². The van der Waals surface area contributed by atoms with E-state index >= 15 is 0 Å². The Hall–Kier alpha value is -5.04. The van der Waals surface area contributed by atoms with Gasteiger partial charge in [0, 0.05) is 47.0 Å². The molecule has 3 saturated heterocycles. The Balaban J connectivity index is 1.35. The summed E-state index contributed by atoms with van der Waals surface area (Å²) in [5.41, 5.74) is 8.19. The minimum atomic E-state index is -0.476. The maximum Gasteiger partial charge on any atom is 0.227 e. The summed E-state index contributed by atoms with van der Waals surface area (Å²) in [6.45, 7) is 21.0. The Morgan fingerprint density at radius 2 is 1.53 bits per heavy atom. The minimum absolute atomic E-state index is 0.00581. The van der Waals surface area contributed by atoms with Crippen molar-refractivity contribution in [2.45, 2.75) is 83.9 Å². The molecule has 2 aromatic heterocycles. The highest BCUT2D eigenvalue weighted by Crippen LogP contribution is 2.51. The molecule has 0 amide bonds. The Morgan fingerprint density at radius 3 is 2.18 bits per heavy atom. The molecular weight excluding hydrogens is 724 g/mol. The predicted octanol–water partition coefficient (Wildman–Crippen LogP) is 12.0. The van der Waals surface area contributed by atoms with Crippen molar-refractivity contribution < 1.29 is 14.3 Å². The van der Waals surface area contributed by atoms with Crippen LogP contribution in [0.4, 0.5) is 0 Å². The first-order chi connectivity index (χ1) is 27.2. The Labute approximate surface area is 342 Å². The molecule has 6 aromatic rings. The van der Waals surface area contributed by atoms with Gasteiger partial charge in [-0.2, -0.15) is 4.98 Å². The molecule has 4 aromatic carbocycles. The number of phenolic OH excluding ortho intramolecular Hbond substituents is 1. The van der Waals surface area contributed by atoms with Crippen LogP contribution in [0.3, 0.4) is 0 Å². The summed E-state index contributed by atoms with van der Waals surface area (Å²) in [4.78, 5) is 14.8. The third kappa shape index (κ3) is 7.70. The number of phenols is 1. The summed E-state index contributed by atoms with van der Waals surface area (Å²) in [6.07, 6.45) is 5.64. The van der Waals surface area contributed by atoms with Gasteiger partial charge in [-0.3, -0.25) is 4.98 Å². The van der Waals surface area contributed by atoms with Gasteiger partial charge in [0.05, 0.1) is 24.2 Å². The van der Waals surface area contributed by atoms with Crippen molar-refractivity contribution in [3.8, 4) is 34.1 Å². The Kier molecular flexibility index (Phi) is 10.2. The van der Waals surface area contributed by atoms with Gasteiger partial charge in [-0.15, -0.1) is 6.58 Å². The van der Waals surface area contributed by atoms with Crippen molar-refractivity contribution in [3.63, 3.8) is 0 Å². The first-order valence-corrected chi connectivity index (χ1v) is 20.7. The Morgan fingerprint density at radius 1 is 0.860 bits per heavy atom. The van der Waals surface area contributed by atoms with Crippen molar-refractivity contribution >= 4 is 22.5 Å². The smallest absolute Gasteiger partial charge is 0.227 e. The standard InChI is InChI=1S/C50H53ClN4O2/c1-8-33-31-55(30-32-25-37(49(2,3)4)28-38(26-32)50(5,6)7)24-22-36(33)27-43(55)45(40-21-23-52-42-20-19-39(56)29-41(40)42)57-48-44(34-15-11-9-12-16-34)46(51)53-47(54-48)35-17-13-10-14-18-35/h8-21,23,25-26,28-29,33,36,43,45H,1,22,24,27,30-31H2,2-7H3/p+1/t33-,36-,43+,45?,55?/m0/s1. The fourth-order valence-electron chi connectivity index (χ4n) is 9.31. The van der Waals surface area contributed by atoms with E-state index in [1.165, 1.54) is 16.7 Å². The van der Waals surface area contributed by atoms with E-state index in [-0.39, 0.29) is 22.6 Å². The quantitative estimate of drug-likeness (QED) is 0.0899. The van der Waals surface area contributed by atoms with E-state index in [0.29, 0.717) is 34.3 Å². The Bertz CT molecular complexity index is 2390. The molecule has 1 N–H and O–H groups in total. The number of rotatable bonds is 9. The summed E-state index contributed by atoms with van der Waals surface area (Å²) in [6, 6.07) is 34.8. The van der Waals surface area contributed by atoms with Gasteiger partial charge in [0.1, 0.15) is 23.5 Å². The van der Waals surface area contributed by atoms with Crippen LogP contribution in [0.2, 0.25) is 5.15 Å². The summed E-state index contributed by atoms with van der Waals surface area (Å²) < 4.78 is 8.41. The molecule has 3 aliphatic heterocycles. The van der Waals surface area contributed by atoms with Gasteiger partial charge in [0.15, 0.2) is 11.9 Å². The largest absolute Gasteiger partial charge is 0.508 e. The van der Waals surface area contributed by atoms with E-state index < -0.39 is 6.10 Å². The van der Waals surface area contributed by atoms with Gasteiger partial charge in [-0.1, -0.05) is 126 Å². The first kappa shape index (κ1) is 38.8. The zero-order valence-electron chi connectivity index (χ0n) is 34.0. The SMILES string of the molecule is C=C[C@H]1C[N+]2(Cc3cc(C(C)(C)C)cc(C(C)(C)C)c3)CC[C@H]1C[C@@H]2C(Oc1nc(-c2ccccc2)nc(Cl)c1-c1ccccc1)c1ccnc2ccc(O)cc12. The lowest BCUT2D eigenvalue weighted by atomic mass is 9.70. The average molecular weight is 778 g/mol. The lowest BCUT2D eigenvalue weighted by molar-refractivity contribution is -0.984. The van der Waals surface area contributed by atoms with Gasteiger partial charge in [0.25, 0.3) is 0 Å². The zero-order chi connectivity index (χ0) is 40.1. The zero-order valence-corrected chi connectivity index (χ0v) is 34.8. The molecule has 292 valence electrons. The van der Waals surface area contributed by atoms with Crippen LogP contribution in [0.5, 0.6) is 11.6 Å². The number of aromatic hydroxyl groups is 1. The van der Waals surface area contributed by atoms with Crippen molar-refractivity contribution in [2.75, 3.05) is 13.1 Å². The highest BCUT2D eigenvalue weighted by atomic mass is 35.5. The lowest BCUT2D eigenvalue weighted by Crippen LogP contribution is -2.68. The van der Waals surface area contributed by atoms with Crippen molar-refractivity contribution in [1.82, 2.24) is 15.0 Å². The van der Waals surface area contributed by atoms with Crippen LogP contribution in [0.15, 0.2) is 122 Å². The molecule has 57 heavy (non-hydrogen) atoms. The minimum Gasteiger partial charge on any atom is -0.508 e. The predicted molar refractivity (Wildman–Crippen MR) is 232 cm³/mol. The van der Waals surface area contributed by atoms with E-state index in [0.717, 1.165) is 64.6 Å². The number of benzene rings is 4. The monoisotopic (exact) mass is 777 g/mol. The molecule has 2 bridgehead atoms. The molecular formula is C50H54ClN4O2+. The number of quaternary nitrogens is 1. The summed E-state index contributed by atoms with van der Waals surface area (Å²) in [7, 11) is 0. The number of ether oxygens (including phenoxy) is 1. The average Bonchev–Trinajstić information content (AvgIpc) is 3.19. The second-order valence-electron chi connectivity index (χ2n) is 18.3. The van der Waals surface area contributed by atoms with E-state index in [9.17, 15) is 5.11 Å². The van der Waals surface area contributed by atoms with Gasteiger partial charge in [-0.25, -0.2) is 4.98 Å². The molecule has 9 rings (SSSR count). The number of piperidine rings is 3. The highest BCUT2D eigenvalue weighted by molar-refractivity contribution is 6.32. The number of pyridine rings is 1. The maximum atomic E-state index is 10.9. The third-order valence-electron chi connectivity index (χ3n) is 12.5. The van der Waals surface area contributed by atoms with Gasteiger partial charge < -0.3 is 14.3 Å². The second kappa shape index (κ2) is 15.0. The molecule has 0 saturated carbocycles. The molecule has 6 nitrogen and oxygen atoms in total. The number of hydrogen-bond acceptors (Lipinski definition) is 5. The molecule has 5 atom stereocenters.